The second kappa shape index (κ2) is 8.28. The lowest BCUT2D eigenvalue weighted by Crippen LogP contribution is -2.22. The molecular formula is C27H17Br2NO3. The number of anilines is 2. The van der Waals surface area contributed by atoms with E-state index in [-0.39, 0.29) is 28.4 Å². The minimum atomic E-state index is -0.366. The van der Waals surface area contributed by atoms with E-state index in [2.05, 4.69) is 61.4 Å². The number of hydrogen-bond acceptors (Lipinski definition) is 4. The zero-order valence-electron chi connectivity index (χ0n) is 17.4. The summed E-state index contributed by atoms with van der Waals surface area (Å²) < 4.78 is 1.56. The number of phenols is 1. The number of fused-ring (bicyclic) bond motifs is 2. The van der Waals surface area contributed by atoms with Crippen molar-refractivity contribution in [2.45, 2.75) is 6.92 Å². The average molecular weight is 563 g/mol. The molecule has 0 radical (unpaired) electrons. The molecule has 0 bridgehead atoms. The predicted octanol–water partition coefficient (Wildman–Crippen LogP) is 7.41. The number of carbonyl (C=O) groups is 2. The van der Waals surface area contributed by atoms with Gasteiger partial charge in [0.05, 0.1) is 22.5 Å². The number of benzene rings is 4. The first-order chi connectivity index (χ1) is 15.8. The lowest BCUT2D eigenvalue weighted by molar-refractivity contribution is 0.0977. The molecule has 0 aliphatic heterocycles. The highest BCUT2D eigenvalue weighted by Crippen LogP contribution is 2.42. The first kappa shape index (κ1) is 21.6. The van der Waals surface area contributed by atoms with E-state index in [0.29, 0.717) is 22.5 Å². The molecule has 1 aliphatic rings. The van der Waals surface area contributed by atoms with Gasteiger partial charge in [-0.3, -0.25) is 9.59 Å². The van der Waals surface area contributed by atoms with Gasteiger partial charge in [-0.15, -0.1) is 0 Å². The van der Waals surface area contributed by atoms with Gasteiger partial charge < -0.3 is 10.4 Å². The second-order valence-electron chi connectivity index (χ2n) is 7.89. The van der Waals surface area contributed by atoms with Crippen LogP contribution in [-0.2, 0) is 0 Å². The summed E-state index contributed by atoms with van der Waals surface area (Å²) in [7, 11) is 0. The molecule has 162 valence electrons. The number of nitrogens with one attached hydrogen (secondary N) is 1. The van der Waals surface area contributed by atoms with Crippen molar-refractivity contribution in [1.29, 1.82) is 0 Å². The SMILES string of the molecule is Cc1ccc(-c2cc(Br)c(Nc3ccc(O)c4c3C(=O)c3ccccc3C4=O)c(Br)c2)cc1. The molecule has 0 atom stereocenters. The van der Waals surface area contributed by atoms with Crippen LogP contribution in [0.25, 0.3) is 11.1 Å². The summed E-state index contributed by atoms with van der Waals surface area (Å²) in [6.45, 7) is 2.05. The third-order valence-electron chi connectivity index (χ3n) is 5.74. The van der Waals surface area contributed by atoms with E-state index < -0.39 is 0 Å². The maximum absolute atomic E-state index is 13.3. The van der Waals surface area contributed by atoms with E-state index in [1.807, 2.05) is 19.1 Å². The van der Waals surface area contributed by atoms with Crippen molar-refractivity contribution >= 4 is 54.8 Å². The van der Waals surface area contributed by atoms with Crippen LogP contribution in [0, 0.1) is 6.92 Å². The molecule has 6 heteroatoms. The van der Waals surface area contributed by atoms with Gasteiger partial charge in [-0.2, -0.15) is 0 Å². The minimum Gasteiger partial charge on any atom is -0.507 e. The van der Waals surface area contributed by atoms with Gasteiger partial charge in [0.15, 0.2) is 11.6 Å². The van der Waals surface area contributed by atoms with Crippen molar-refractivity contribution in [2.75, 3.05) is 5.32 Å². The summed E-state index contributed by atoms with van der Waals surface area (Å²) >= 11 is 7.27. The molecule has 0 aromatic heterocycles. The molecule has 0 heterocycles. The molecule has 4 aromatic rings. The molecule has 33 heavy (non-hydrogen) atoms. The van der Waals surface area contributed by atoms with E-state index in [9.17, 15) is 14.7 Å². The first-order valence-electron chi connectivity index (χ1n) is 10.2. The quantitative estimate of drug-likeness (QED) is 0.225. The molecule has 4 aromatic carbocycles. The number of aromatic hydroxyl groups is 1. The Morgan fingerprint density at radius 3 is 1.91 bits per heavy atom. The Morgan fingerprint density at radius 1 is 0.727 bits per heavy atom. The number of hydrogen-bond donors (Lipinski definition) is 2. The number of carbonyl (C=O) groups excluding carboxylic acids is 2. The normalized spacial score (nSPS) is 12.3. The average Bonchev–Trinajstić information content (AvgIpc) is 2.81. The van der Waals surface area contributed by atoms with Crippen LogP contribution in [0.4, 0.5) is 11.4 Å². The van der Waals surface area contributed by atoms with Crippen molar-refractivity contribution < 1.29 is 14.7 Å². The lowest BCUT2D eigenvalue weighted by atomic mass is 9.82. The fourth-order valence-electron chi connectivity index (χ4n) is 4.05. The Bertz CT molecular complexity index is 1440. The summed E-state index contributed by atoms with van der Waals surface area (Å²) in [5.41, 5.74) is 5.25. The van der Waals surface area contributed by atoms with Gasteiger partial charge in [0.2, 0.25) is 0 Å². The molecule has 0 amide bonds. The van der Waals surface area contributed by atoms with Crippen LogP contribution >= 0.6 is 31.9 Å². The van der Waals surface area contributed by atoms with E-state index in [0.717, 1.165) is 20.1 Å². The third-order valence-corrected chi connectivity index (χ3v) is 6.99. The standard InChI is InChI=1S/C27H17Br2NO3/c1-14-6-8-15(9-7-14)16-12-19(28)25(20(29)13-16)30-21-10-11-22(31)24-23(21)26(32)17-4-2-3-5-18(17)27(24)33/h2-13,30-31H,1H3. The van der Waals surface area contributed by atoms with Gasteiger partial charge in [-0.1, -0.05) is 54.1 Å². The van der Waals surface area contributed by atoms with Crippen LogP contribution in [0.5, 0.6) is 5.75 Å². The Hall–Kier alpha value is -3.22. The van der Waals surface area contributed by atoms with Crippen LogP contribution in [0.3, 0.4) is 0 Å². The Morgan fingerprint density at radius 2 is 1.30 bits per heavy atom. The van der Waals surface area contributed by atoms with Crippen LogP contribution in [0.15, 0.2) is 81.7 Å². The number of halogens is 2. The summed E-state index contributed by atoms with van der Waals surface area (Å²) in [6.07, 6.45) is 0. The van der Waals surface area contributed by atoms with E-state index in [1.54, 1.807) is 30.3 Å². The molecule has 0 unspecified atom stereocenters. The van der Waals surface area contributed by atoms with Crippen LogP contribution < -0.4 is 5.32 Å². The molecule has 0 spiro atoms. The molecule has 1 aliphatic carbocycles. The summed E-state index contributed by atoms with van der Waals surface area (Å²) in [6, 6.07) is 22.0. The third kappa shape index (κ3) is 3.69. The zero-order valence-corrected chi connectivity index (χ0v) is 20.6. The van der Waals surface area contributed by atoms with Crippen LogP contribution in [-0.4, -0.2) is 16.7 Å². The summed E-state index contributed by atoms with van der Waals surface area (Å²) in [5.74, 6) is -0.882. The molecular weight excluding hydrogens is 546 g/mol. The monoisotopic (exact) mass is 561 g/mol. The van der Waals surface area contributed by atoms with E-state index in [4.69, 9.17) is 0 Å². The first-order valence-corrected chi connectivity index (χ1v) is 11.8. The number of phenolic OH excluding ortho intramolecular Hbond substituents is 1. The van der Waals surface area contributed by atoms with Gasteiger partial charge in [0.1, 0.15) is 5.75 Å². The molecule has 0 saturated carbocycles. The van der Waals surface area contributed by atoms with Crippen molar-refractivity contribution in [2.24, 2.45) is 0 Å². The van der Waals surface area contributed by atoms with Gasteiger partial charge in [-0.25, -0.2) is 0 Å². The zero-order chi connectivity index (χ0) is 23.3. The predicted molar refractivity (Wildman–Crippen MR) is 137 cm³/mol. The highest BCUT2D eigenvalue weighted by molar-refractivity contribution is 9.11. The topological polar surface area (TPSA) is 66.4 Å². The van der Waals surface area contributed by atoms with E-state index >= 15 is 0 Å². The highest BCUT2D eigenvalue weighted by Gasteiger charge is 2.34. The van der Waals surface area contributed by atoms with Crippen molar-refractivity contribution in [3.05, 3.63) is 110 Å². The van der Waals surface area contributed by atoms with Gasteiger partial charge in [0.25, 0.3) is 0 Å². The van der Waals surface area contributed by atoms with Crippen molar-refractivity contribution in [3.8, 4) is 16.9 Å². The van der Waals surface area contributed by atoms with Crippen LogP contribution in [0.2, 0.25) is 0 Å². The molecule has 5 rings (SSSR count). The smallest absolute Gasteiger partial charge is 0.198 e. The van der Waals surface area contributed by atoms with Crippen molar-refractivity contribution in [1.82, 2.24) is 0 Å². The van der Waals surface area contributed by atoms with E-state index in [1.165, 1.54) is 11.6 Å². The molecule has 2 N–H and O–H groups in total. The Labute approximate surface area is 207 Å². The highest BCUT2D eigenvalue weighted by atomic mass is 79.9. The minimum absolute atomic E-state index is 0.0206. The molecule has 4 nitrogen and oxygen atoms in total. The lowest BCUT2D eigenvalue weighted by Gasteiger charge is -2.22. The molecule has 0 fully saturated rings. The number of aryl methyl sites for hydroxylation is 1. The fraction of sp³-hybridized carbons (Fsp3) is 0.0370. The van der Waals surface area contributed by atoms with Gasteiger partial charge in [0, 0.05) is 20.1 Å². The Balaban J connectivity index is 1.59. The van der Waals surface area contributed by atoms with Gasteiger partial charge >= 0.3 is 0 Å². The number of ketones is 2. The fourth-order valence-corrected chi connectivity index (χ4v) is 5.43. The second-order valence-corrected chi connectivity index (χ2v) is 9.60. The van der Waals surface area contributed by atoms with Gasteiger partial charge in [-0.05, 0) is 74.2 Å². The molecule has 0 saturated heterocycles. The van der Waals surface area contributed by atoms with Crippen molar-refractivity contribution in [3.63, 3.8) is 0 Å². The Kier molecular flexibility index (Phi) is 5.43. The maximum Gasteiger partial charge on any atom is 0.198 e. The summed E-state index contributed by atoms with van der Waals surface area (Å²) in [4.78, 5) is 26.4. The number of rotatable bonds is 3. The largest absolute Gasteiger partial charge is 0.507 e. The maximum atomic E-state index is 13.3. The van der Waals surface area contributed by atoms with Crippen LogP contribution in [0.1, 0.15) is 37.4 Å². The summed E-state index contributed by atoms with van der Waals surface area (Å²) in [5, 5.41) is 13.7.